The molecule has 0 fully saturated rings. The van der Waals surface area contributed by atoms with Crippen LogP contribution in [0.5, 0.6) is 11.5 Å². The third-order valence-corrected chi connectivity index (χ3v) is 2.54. The van der Waals surface area contributed by atoms with E-state index in [0.29, 0.717) is 19.6 Å². The molecule has 1 radical (unpaired) electrons. The minimum absolute atomic E-state index is 0.470. The fourth-order valence-electron chi connectivity index (χ4n) is 1.69. The topological polar surface area (TPSA) is 35.5 Å². The fourth-order valence-corrected chi connectivity index (χ4v) is 1.69. The van der Waals surface area contributed by atoms with E-state index in [1.54, 1.807) is 0 Å². The summed E-state index contributed by atoms with van der Waals surface area (Å²) < 4.78 is 11.0. The van der Waals surface area contributed by atoms with Gasteiger partial charge in [-0.2, -0.15) is 0 Å². The minimum atomic E-state index is 0.470. The maximum Gasteiger partial charge on any atom is 0.198 e. The van der Waals surface area contributed by atoms with Crippen molar-refractivity contribution in [1.29, 1.82) is 0 Å². The zero-order valence-corrected chi connectivity index (χ0v) is 9.65. The molecule has 2 rings (SSSR count). The lowest BCUT2D eigenvalue weighted by Crippen LogP contribution is -2.15. The van der Waals surface area contributed by atoms with Crippen LogP contribution in [0.2, 0.25) is 0 Å². The number of allylic oxidation sites excluding steroid dienone is 2. The Labute approximate surface area is 101 Å². The van der Waals surface area contributed by atoms with Crippen LogP contribution in [0.25, 0.3) is 0 Å². The van der Waals surface area contributed by atoms with Crippen LogP contribution in [0.1, 0.15) is 18.4 Å². The number of fused-ring (bicyclic) bond motifs is 1. The number of benzene rings is 1. The first kappa shape index (κ1) is 11.7. The molecule has 0 saturated carbocycles. The second-order valence-electron chi connectivity index (χ2n) is 3.84. The quantitative estimate of drug-likeness (QED) is 0.576. The van der Waals surface area contributed by atoms with E-state index in [9.17, 15) is 4.79 Å². The van der Waals surface area contributed by atoms with Crippen molar-refractivity contribution in [3.63, 3.8) is 0 Å². The monoisotopic (exact) mass is 231 g/mol. The second-order valence-corrected chi connectivity index (χ2v) is 3.84. The Morgan fingerprint density at radius 2 is 2.00 bits per heavy atom. The van der Waals surface area contributed by atoms with Crippen LogP contribution in [0.3, 0.4) is 0 Å². The van der Waals surface area contributed by atoms with Crippen molar-refractivity contribution in [2.24, 2.45) is 0 Å². The molecule has 17 heavy (non-hydrogen) atoms. The fraction of sp³-hybridized carbons (Fsp3) is 0.357. The van der Waals surface area contributed by atoms with Gasteiger partial charge in [0.2, 0.25) is 0 Å². The first-order chi connectivity index (χ1) is 8.40. The van der Waals surface area contributed by atoms with Gasteiger partial charge in [0.15, 0.2) is 17.8 Å². The van der Waals surface area contributed by atoms with Gasteiger partial charge in [-0.3, -0.25) is 4.79 Å². The lowest BCUT2D eigenvalue weighted by Gasteiger charge is -2.18. The Bertz CT molecular complexity index is 410. The van der Waals surface area contributed by atoms with Crippen LogP contribution >= 0.6 is 0 Å². The third kappa shape index (κ3) is 3.34. The van der Waals surface area contributed by atoms with E-state index in [1.807, 2.05) is 30.6 Å². The summed E-state index contributed by atoms with van der Waals surface area (Å²) >= 11 is 0. The van der Waals surface area contributed by atoms with E-state index >= 15 is 0 Å². The summed E-state index contributed by atoms with van der Waals surface area (Å²) in [6, 6.07) is 5.98. The molecule has 0 amide bonds. The smallest absolute Gasteiger partial charge is 0.198 e. The van der Waals surface area contributed by atoms with E-state index < -0.39 is 0 Å². The van der Waals surface area contributed by atoms with Gasteiger partial charge in [-0.15, -0.1) is 0 Å². The normalized spacial score (nSPS) is 13.9. The maximum absolute atomic E-state index is 10.0. The van der Waals surface area contributed by atoms with Gasteiger partial charge < -0.3 is 9.47 Å². The molecule has 0 unspecified atom stereocenters. The first-order valence-electron chi connectivity index (χ1n) is 5.78. The SMILES string of the molecule is O=[C]CCC=CCc1ccc2c(c1)OCCO2. The van der Waals surface area contributed by atoms with E-state index in [-0.39, 0.29) is 0 Å². The number of carbonyl (C=O) groups excluding carboxylic acids is 1. The molecule has 0 aromatic heterocycles. The molecule has 0 N–H and O–H groups in total. The van der Waals surface area contributed by atoms with Gasteiger partial charge in [0, 0.05) is 6.42 Å². The molecule has 3 nitrogen and oxygen atoms in total. The largest absolute Gasteiger partial charge is 0.486 e. The van der Waals surface area contributed by atoms with E-state index in [0.717, 1.165) is 24.3 Å². The molecule has 0 bridgehead atoms. The molecular formula is C14H15O3. The summed E-state index contributed by atoms with van der Waals surface area (Å²) in [5.41, 5.74) is 1.18. The summed E-state index contributed by atoms with van der Waals surface area (Å²) in [5, 5.41) is 0. The van der Waals surface area contributed by atoms with Crippen molar-refractivity contribution in [1.82, 2.24) is 0 Å². The molecule has 1 aliphatic rings. The first-order valence-corrected chi connectivity index (χ1v) is 5.78. The zero-order valence-electron chi connectivity index (χ0n) is 9.65. The number of hydrogen-bond donors (Lipinski definition) is 0. The molecule has 0 atom stereocenters. The van der Waals surface area contributed by atoms with Gasteiger partial charge >= 0.3 is 0 Å². The van der Waals surface area contributed by atoms with Crippen molar-refractivity contribution in [3.05, 3.63) is 35.9 Å². The van der Waals surface area contributed by atoms with Gasteiger partial charge in [0.05, 0.1) is 0 Å². The summed E-state index contributed by atoms with van der Waals surface area (Å²) in [6.07, 6.45) is 8.00. The van der Waals surface area contributed by atoms with Crippen molar-refractivity contribution in [2.75, 3.05) is 13.2 Å². The Morgan fingerprint density at radius 1 is 1.18 bits per heavy atom. The maximum atomic E-state index is 10.0. The minimum Gasteiger partial charge on any atom is -0.486 e. The third-order valence-electron chi connectivity index (χ3n) is 2.54. The standard InChI is InChI=1S/C14H15O3/c15-8-4-2-1-3-5-12-6-7-13-14(11-12)17-10-9-16-13/h1,3,6-7,11H,2,4-5,9-10H2. The highest BCUT2D eigenvalue weighted by Gasteiger charge is 2.10. The summed E-state index contributed by atoms with van der Waals surface area (Å²) in [5.74, 6) is 1.64. The van der Waals surface area contributed by atoms with Crippen LogP contribution in [0.15, 0.2) is 30.4 Å². The van der Waals surface area contributed by atoms with Crippen LogP contribution in [0.4, 0.5) is 0 Å². The molecule has 0 spiro atoms. The molecule has 89 valence electrons. The van der Waals surface area contributed by atoms with Gasteiger partial charge in [-0.25, -0.2) is 0 Å². The lowest BCUT2D eigenvalue weighted by molar-refractivity contribution is 0.171. The predicted octanol–water partition coefficient (Wildman–Crippen LogP) is 2.45. The molecular weight excluding hydrogens is 216 g/mol. The van der Waals surface area contributed by atoms with E-state index in [2.05, 4.69) is 6.08 Å². The molecule has 1 aromatic rings. The summed E-state index contributed by atoms with van der Waals surface area (Å²) in [6.45, 7) is 1.23. The van der Waals surface area contributed by atoms with Crippen LogP contribution in [-0.2, 0) is 11.2 Å². The van der Waals surface area contributed by atoms with E-state index in [1.165, 1.54) is 5.56 Å². The number of ether oxygens (including phenoxy) is 2. The van der Waals surface area contributed by atoms with Crippen molar-refractivity contribution in [3.8, 4) is 11.5 Å². The van der Waals surface area contributed by atoms with Crippen molar-refractivity contribution in [2.45, 2.75) is 19.3 Å². The molecule has 0 saturated heterocycles. The number of hydrogen-bond acceptors (Lipinski definition) is 3. The van der Waals surface area contributed by atoms with E-state index in [4.69, 9.17) is 9.47 Å². The average Bonchev–Trinajstić information content (AvgIpc) is 2.38. The Hall–Kier alpha value is -1.77. The zero-order chi connectivity index (χ0) is 11.9. The van der Waals surface area contributed by atoms with Crippen molar-refractivity contribution >= 4 is 6.29 Å². The Kier molecular flexibility index (Phi) is 4.19. The Balaban J connectivity index is 1.93. The molecule has 1 heterocycles. The summed E-state index contributed by atoms with van der Waals surface area (Å²) in [4.78, 5) is 10.0. The van der Waals surface area contributed by atoms with Crippen molar-refractivity contribution < 1.29 is 14.3 Å². The molecule has 0 aliphatic carbocycles. The molecule has 3 heteroatoms. The number of rotatable bonds is 5. The summed E-state index contributed by atoms with van der Waals surface area (Å²) in [7, 11) is 0. The molecule has 1 aromatic carbocycles. The highest BCUT2D eigenvalue weighted by Crippen LogP contribution is 2.30. The predicted molar refractivity (Wildman–Crippen MR) is 65.2 cm³/mol. The highest BCUT2D eigenvalue weighted by molar-refractivity contribution is 5.50. The van der Waals surface area contributed by atoms with Gasteiger partial charge in [-0.1, -0.05) is 18.2 Å². The Morgan fingerprint density at radius 3 is 2.82 bits per heavy atom. The molecule has 1 aliphatic heterocycles. The number of unbranched alkanes of at least 4 members (excludes halogenated alkanes) is 1. The van der Waals surface area contributed by atoms with Crippen LogP contribution < -0.4 is 9.47 Å². The van der Waals surface area contributed by atoms with Crippen LogP contribution in [0, 0.1) is 0 Å². The highest BCUT2D eigenvalue weighted by atomic mass is 16.6. The average molecular weight is 231 g/mol. The van der Waals surface area contributed by atoms with Crippen LogP contribution in [-0.4, -0.2) is 19.5 Å². The lowest BCUT2D eigenvalue weighted by atomic mass is 10.1. The van der Waals surface area contributed by atoms with Gasteiger partial charge in [-0.05, 0) is 30.5 Å². The second kappa shape index (κ2) is 6.09. The van der Waals surface area contributed by atoms with Gasteiger partial charge in [0.25, 0.3) is 0 Å². The van der Waals surface area contributed by atoms with Gasteiger partial charge in [0.1, 0.15) is 13.2 Å².